The summed E-state index contributed by atoms with van der Waals surface area (Å²) in [5.74, 6) is 0. The normalized spacial score (nSPS) is 10.5. The molecule has 0 heterocycles. The van der Waals surface area contributed by atoms with Crippen molar-refractivity contribution in [3.05, 3.63) is 57.6 Å². The van der Waals surface area contributed by atoms with Gasteiger partial charge in [-0.3, -0.25) is 0 Å². The van der Waals surface area contributed by atoms with Crippen molar-refractivity contribution in [2.24, 2.45) is 0 Å². The summed E-state index contributed by atoms with van der Waals surface area (Å²) >= 11 is 11.9. The summed E-state index contributed by atoms with van der Waals surface area (Å²) in [6.07, 6.45) is 1.01. The molecule has 0 aliphatic rings. The number of rotatable bonds is 4. The number of hydrogen-bond acceptors (Lipinski definition) is 2. The first-order chi connectivity index (χ1) is 9.11. The lowest BCUT2D eigenvalue weighted by Crippen LogP contribution is -2.04. The molecule has 2 aromatic carbocycles. The summed E-state index contributed by atoms with van der Waals surface area (Å²) in [5, 5.41) is 4.28. The van der Waals surface area contributed by atoms with Gasteiger partial charge in [-0.2, -0.15) is 0 Å². The number of nitrogens with two attached hydrogens (primary N) is 1. The zero-order valence-corrected chi connectivity index (χ0v) is 12.2. The van der Waals surface area contributed by atoms with Crippen LogP contribution in [-0.2, 0) is 13.0 Å². The Bertz CT molecular complexity index is 582. The van der Waals surface area contributed by atoms with Crippen LogP contribution in [-0.4, -0.2) is 0 Å². The number of hydrogen-bond donors (Lipinski definition) is 2. The highest BCUT2D eigenvalue weighted by Gasteiger charge is 2.06. The molecule has 2 aromatic rings. The quantitative estimate of drug-likeness (QED) is 0.799. The van der Waals surface area contributed by atoms with Gasteiger partial charge in [-0.05, 0) is 29.7 Å². The predicted molar refractivity (Wildman–Crippen MR) is 84.0 cm³/mol. The van der Waals surface area contributed by atoms with Gasteiger partial charge in [-0.15, -0.1) is 0 Å². The molecule has 0 atom stereocenters. The van der Waals surface area contributed by atoms with Crippen LogP contribution in [0, 0.1) is 0 Å². The summed E-state index contributed by atoms with van der Waals surface area (Å²) < 4.78 is 0. The summed E-state index contributed by atoms with van der Waals surface area (Å²) in [7, 11) is 0. The van der Waals surface area contributed by atoms with Gasteiger partial charge in [-0.1, -0.05) is 54.4 Å². The first-order valence-electron chi connectivity index (χ1n) is 6.17. The molecule has 0 saturated heterocycles. The van der Waals surface area contributed by atoms with Crippen molar-refractivity contribution in [3.8, 4) is 0 Å². The fraction of sp³-hybridized carbons (Fsp3) is 0.200. The Balaban J connectivity index is 2.17. The van der Waals surface area contributed by atoms with E-state index in [1.807, 2.05) is 6.07 Å². The van der Waals surface area contributed by atoms with Crippen molar-refractivity contribution in [2.75, 3.05) is 11.1 Å². The minimum absolute atomic E-state index is 0.471. The van der Waals surface area contributed by atoms with E-state index in [1.165, 1.54) is 11.1 Å². The molecule has 0 aliphatic carbocycles. The average molecular weight is 295 g/mol. The maximum atomic E-state index is 6.00. The molecule has 0 unspecified atom stereocenters. The molecular formula is C15H16Cl2N2. The Labute approximate surface area is 123 Å². The SMILES string of the molecule is CCc1ccccc1CNc1cc(Cl)c(Cl)cc1N. The summed E-state index contributed by atoms with van der Waals surface area (Å²) in [4.78, 5) is 0. The largest absolute Gasteiger partial charge is 0.397 e. The van der Waals surface area contributed by atoms with E-state index in [4.69, 9.17) is 28.9 Å². The topological polar surface area (TPSA) is 38.0 Å². The zero-order chi connectivity index (χ0) is 13.8. The molecule has 0 aromatic heterocycles. The van der Waals surface area contributed by atoms with Gasteiger partial charge in [0.05, 0.1) is 21.4 Å². The lowest BCUT2D eigenvalue weighted by atomic mass is 10.1. The molecule has 0 saturated carbocycles. The van der Waals surface area contributed by atoms with Crippen molar-refractivity contribution >= 4 is 34.6 Å². The third kappa shape index (κ3) is 3.34. The molecule has 0 amide bonds. The second kappa shape index (κ2) is 6.18. The highest BCUT2D eigenvalue weighted by molar-refractivity contribution is 6.42. The minimum atomic E-state index is 0.471. The van der Waals surface area contributed by atoms with Gasteiger partial charge in [0.15, 0.2) is 0 Å². The van der Waals surface area contributed by atoms with Gasteiger partial charge in [-0.25, -0.2) is 0 Å². The van der Waals surface area contributed by atoms with E-state index in [0.29, 0.717) is 22.3 Å². The molecule has 100 valence electrons. The van der Waals surface area contributed by atoms with E-state index in [9.17, 15) is 0 Å². The molecule has 4 heteroatoms. The van der Waals surface area contributed by atoms with Crippen molar-refractivity contribution < 1.29 is 0 Å². The molecule has 0 bridgehead atoms. The first kappa shape index (κ1) is 14.0. The average Bonchev–Trinajstić information content (AvgIpc) is 2.41. The number of aryl methyl sites for hydroxylation is 1. The minimum Gasteiger partial charge on any atom is -0.397 e. The fourth-order valence-corrected chi connectivity index (χ4v) is 2.32. The maximum absolute atomic E-state index is 6.00. The van der Waals surface area contributed by atoms with Crippen LogP contribution in [0.4, 0.5) is 11.4 Å². The number of benzene rings is 2. The number of halogens is 2. The van der Waals surface area contributed by atoms with Crippen LogP contribution in [0.15, 0.2) is 36.4 Å². The standard InChI is InChI=1S/C15H16Cl2N2/c1-2-10-5-3-4-6-11(10)9-19-15-8-13(17)12(16)7-14(15)18/h3-8,19H,2,9,18H2,1H3. The van der Waals surface area contributed by atoms with Gasteiger partial charge in [0.1, 0.15) is 0 Å². The van der Waals surface area contributed by atoms with Gasteiger partial charge >= 0.3 is 0 Å². The number of nitrogen functional groups attached to an aromatic ring is 1. The molecule has 0 aliphatic heterocycles. The molecule has 3 N–H and O–H groups in total. The van der Waals surface area contributed by atoms with E-state index >= 15 is 0 Å². The lowest BCUT2D eigenvalue weighted by molar-refractivity contribution is 1.04. The van der Waals surface area contributed by atoms with Crippen molar-refractivity contribution in [2.45, 2.75) is 19.9 Å². The Morgan fingerprint density at radius 3 is 2.37 bits per heavy atom. The van der Waals surface area contributed by atoms with Gasteiger partial charge < -0.3 is 11.1 Å². The molecular weight excluding hydrogens is 279 g/mol. The third-order valence-electron chi connectivity index (χ3n) is 3.06. The molecule has 2 rings (SSSR count). The lowest BCUT2D eigenvalue weighted by Gasteiger charge is -2.13. The van der Waals surface area contributed by atoms with Crippen LogP contribution in [0.1, 0.15) is 18.1 Å². The van der Waals surface area contributed by atoms with Crippen LogP contribution in [0.2, 0.25) is 10.0 Å². The van der Waals surface area contributed by atoms with Gasteiger partial charge in [0, 0.05) is 6.54 Å². The summed E-state index contributed by atoms with van der Waals surface area (Å²) in [5.41, 5.74) is 9.91. The number of anilines is 2. The van der Waals surface area contributed by atoms with Gasteiger partial charge in [0.2, 0.25) is 0 Å². The van der Waals surface area contributed by atoms with Gasteiger partial charge in [0.25, 0.3) is 0 Å². The van der Waals surface area contributed by atoms with Crippen molar-refractivity contribution in [3.63, 3.8) is 0 Å². The van der Waals surface area contributed by atoms with E-state index in [1.54, 1.807) is 12.1 Å². The maximum Gasteiger partial charge on any atom is 0.0614 e. The summed E-state index contributed by atoms with van der Waals surface area (Å²) in [6.45, 7) is 2.86. The van der Waals surface area contributed by atoms with E-state index in [0.717, 1.165) is 12.1 Å². The Hall–Kier alpha value is -1.38. The molecule has 0 spiro atoms. The molecule has 0 radical (unpaired) electrons. The van der Waals surface area contributed by atoms with Crippen molar-refractivity contribution in [1.82, 2.24) is 0 Å². The Morgan fingerprint density at radius 2 is 1.68 bits per heavy atom. The third-order valence-corrected chi connectivity index (χ3v) is 3.78. The summed E-state index contributed by atoms with van der Waals surface area (Å²) in [6, 6.07) is 11.8. The molecule has 2 nitrogen and oxygen atoms in total. The molecule has 19 heavy (non-hydrogen) atoms. The highest BCUT2D eigenvalue weighted by Crippen LogP contribution is 2.31. The Kier molecular flexibility index (Phi) is 4.56. The van der Waals surface area contributed by atoms with E-state index < -0.39 is 0 Å². The second-order valence-corrected chi connectivity index (χ2v) is 5.14. The predicted octanol–water partition coefficient (Wildman–Crippen LogP) is 4.75. The fourth-order valence-electron chi connectivity index (χ4n) is 1.98. The monoisotopic (exact) mass is 294 g/mol. The van der Waals surface area contributed by atoms with Crippen molar-refractivity contribution in [1.29, 1.82) is 0 Å². The van der Waals surface area contributed by atoms with Crippen LogP contribution in [0.5, 0.6) is 0 Å². The highest BCUT2D eigenvalue weighted by atomic mass is 35.5. The van der Waals surface area contributed by atoms with E-state index in [-0.39, 0.29) is 0 Å². The van der Waals surface area contributed by atoms with Crippen LogP contribution < -0.4 is 11.1 Å². The number of nitrogens with one attached hydrogen (secondary N) is 1. The Morgan fingerprint density at radius 1 is 1.05 bits per heavy atom. The van der Waals surface area contributed by atoms with Crippen LogP contribution >= 0.6 is 23.2 Å². The first-order valence-corrected chi connectivity index (χ1v) is 6.92. The molecule has 0 fully saturated rings. The smallest absolute Gasteiger partial charge is 0.0614 e. The van der Waals surface area contributed by atoms with Crippen LogP contribution in [0.3, 0.4) is 0 Å². The second-order valence-electron chi connectivity index (χ2n) is 4.33. The van der Waals surface area contributed by atoms with E-state index in [2.05, 4.69) is 30.4 Å². The van der Waals surface area contributed by atoms with Crippen LogP contribution in [0.25, 0.3) is 0 Å². The zero-order valence-electron chi connectivity index (χ0n) is 10.7.